The second-order valence-corrected chi connectivity index (χ2v) is 6.04. The number of methoxy groups -OCH3 is 1. The Bertz CT molecular complexity index is 928. The van der Waals surface area contributed by atoms with Crippen LogP contribution in [0.15, 0.2) is 60.9 Å². The van der Waals surface area contributed by atoms with Crippen LogP contribution in [-0.2, 0) is 16.6 Å². The topological polar surface area (TPSA) is 56.1 Å². The highest BCUT2D eigenvalue weighted by Crippen LogP contribution is 2.25. The molecule has 27 heavy (non-hydrogen) atoms. The first-order valence-electron chi connectivity index (χ1n) is 8.31. The molecule has 0 aliphatic heterocycles. The van der Waals surface area contributed by atoms with Gasteiger partial charge in [-0.25, -0.2) is 13.8 Å². The molecule has 1 aromatic heterocycles. The lowest BCUT2D eigenvalue weighted by Gasteiger charge is -2.23. The molecule has 3 aromatic rings. The standard InChI is InChI=1S/C20H19F2N3O2/c1-25-11-10-23-19(25)17(14-8-9-15(21)16(22)12-14)24-20(26)18(27-2)13-6-4-3-5-7-13/h3-12,17-18H,1-2H3,(H,24,26)/t17-,18-/m1/s1. The van der Waals surface area contributed by atoms with E-state index in [0.717, 1.165) is 12.1 Å². The third-order valence-corrected chi connectivity index (χ3v) is 4.26. The first kappa shape index (κ1) is 18.7. The Balaban J connectivity index is 1.95. The molecule has 5 nitrogen and oxygen atoms in total. The Hall–Kier alpha value is -3.06. The summed E-state index contributed by atoms with van der Waals surface area (Å²) in [6.45, 7) is 0. The van der Waals surface area contributed by atoms with Crippen LogP contribution in [0.4, 0.5) is 8.78 Å². The molecule has 7 heteroatoms. The monoisotopic (exact) mass is 371 g/mol. The highest BCUT2D eigenvalue weighted by molar-refractivity contribution is 5.83. The molecule has 140 valence electrons. The number of imidazole rings is 1. The van der Waals surface area contributed by atoms with Crippen LogP contribution in [0.5, 0.6) is 0 Å². The van der Waals surface area contributed by atoms with E-state index in [9.17, 15) is 13.6 Å². The summed E-state index contributed by atoms with van der Waals surface area (Å²) in [4.78, 5) is 17.1. The van der Waals surface area contributed by atoms with Gasteiger partial charge in [0.15, 0.2) is 17.7 Å². The molecule has 0 spiro atoms. The minimum Gasteiger partial charge on any atom is -0.367 e. The van der Waals surface area contributed by atoms with E-state index in [2.05, 4.69) is 10.3 Å². The molecule has 0 unspecified atom stereocenters. The lowest BCUT2D eigenvalue weighted by molar-refractivity contribution is -0.132. The lowest BCUT2D eigenvalue weighted by atomic mass is 10.0. The fourth-order valence-electron chi connectivity index (χ4n) is 2.88. The van der Waals surface area contributed by atoms with Gasteiger partial charge in [0, 0.05) is 26.6 Å². The molecule has 3 rings (SSSR count). The Morgan fingerprint density at radius 2 is 1.85 bits per heavy atom. The van der Waals surface area contributed by atoms with Gasteiger partial charge < -0.3 is 14.6 Å². The molecule has 1 amide bonds. The number of aromatic nitrogens is 2. The van der Waals surface area contributed by atoms with Crippen molar-refractivity contribution in [1.29, 1.82) is 0 Å². The Labute approximate surface area is 155 Å². The maximum atomic E-state index is 13.8. The number of hydrogen-bond acceptors (Lipinski definition) is 3. The molecule has 0 radical (unpaired) electrons. The number of aryl methyl sites for hydroxylation is 1. The van der Waals surface area contributed by atoms with Crippen molar-refractivity contribution < 1.29 is 18.3 Å². The van der Waals surface area contributed by atoms with Crippen LogP contribution >= 0.6 is 0 Å². The van der Waals surface area contributed by atoms with E-state index < -0.39 is 29.7 Å². The lowest BCUT2D eigenvalue weighted by Crippen LogP contribution is -2.35. The van der Waals surface area contributed by atoms with Crippen LogP contribution in [0.25, 0.3) is 0 Å². The molecule has 0 fully saturated rings. The molecule has 0 saturated carbocycles. The van der Waals surface area contributed by atoms with E-state index in [1.54, 1.807) is 48.3 Å². The van der Waals surface area contributed by atoms with Crippen molar-refractivity contribution in [2.75, 3.05) is 7.11 Å². The average Bonchev–Trinajstić information content (AvgIpc) is 3.09. The molecular formula is C20H19F2N3O2. The summed E-state index contributed by atoms with van der Waals surface area (Å²) in [6.07, 6.45) is 2.43. The fourth-order valence-corrected chi connectivity index (χ4v) is 2.88. The van der Waals surface area contributed by atoms with Crippen molar-refractivity contribution in [3.63, 3.8) is 0 Å². The normalized spacial score (nSPS) is 13.2. The summed E-state index contributed by atoms with van der Waals surface area (Å²) in [7, 11) is 3.19. The Morgan fingerprint density at radius 1 is 1.11 bits per heavy atom. The zero-order valence-corrected chi connectivity index (χ0v) is 14.9. The highest BCUT2D eigenvalue weighted by Gasteiger charge is 2.27. The maximum absolute atomic E-state index is 13.8. The molecule has 0 aliphatic rings. The zero-order valence-electron chi connectivity index (χ0n) is 14.9. The van der Waals surface area contributed by atoms with E-state index in [1.807, 2.05) is 6.07 Å². The fraction of sp³-hybridized carbons (Fsp3) is 0.200. The van der Waals surface area contributed by atoms with Crippen LogP contribution < -0.4 is 5.32 Å². The molecule has 2 aromatic carbocycles. The molecule has 0 bridgehead atoms. The average molecular weight is 371 g/mol. The number of amides is 1. The van der Waals surface area contributed by atoms with Gasteiger partial charge in [-0.2, -0.15) is 0 Å². The largest absolute Gasteiger partial charge is 0.367 e. The van der Waals surface area contributed by atoms with Gasteiger partial charge in [-0.1, -0.05) is 36.4 Å². The summed E-state index contributed by atoms with van der Waals surface area (Å²) < 4.78 is 34.2. The molecule has 1 heterocycles. The first-order valence-corrected chi connectivity index (χ1v) is 8.31. The van der Waals surface area contributed by atoms with Crippen molar-refractivity contribution in [1.82, 2.24) is 14.9 Å². The smallest absolute Gasteiger partial charge is 0.254 e. The van der Waals surface area contributed by atoms with Gasteiger partial charge in [-0.3, -0.25) is 4.79 Å². The highest BCUT2D eigenvalue weighted by atomic mass is 19.2. The molecule has 0 saturated heterocycles. The summed E-state index contributed by atoms with van der Waals surface area (Å²) in [5, 5.41) is 2.84. The van der Waals surface area contributed by atoms with Crippen molar-refractivity contribution >= 4 is 5.91 Å². The van der Waals surface area contributed by atoms with E-state index in [-0.39, 0.29) is 0 Å². The number of rotatable bonds is 6. The zero-order chi connectivity index (χ0) is 19.4. The van der Waals surface area contributed by atoms with Gasteiger partial charge in [0.1, 0.15) is 11.9 Å². The van der Waals surface area contributed by atoms with Gasteiger partial charge in [-0.15, -0.1) is 0 Å². The SMILES string of the molecule is CO[C@@H](C(=O)N[C@H](c1ccc(F)c(F)c1)c1nccn1C)c1ccccc1. The second-order valence-electron chi connectivity index (χ2n) is 6.04. The summed E-state index contributed by atoms with van der Waals surface area (Å²) in [5.41, 5.74) is 1.06. The quantitative estimate of drug-likeness (QED) is 0.723. The van der Waals surface area contributed by atoms with Crippen LogP contribution in [0.3, 0.4) is 0 Å². The van der Waals surface area contributed by atoms with Gasteiger partial charge in [0.05, 0.1) is 0 Å². The van der Waals surface area contributed by atoms with E-state index in [0.29, 0.717) is 17.0 Å². The number of ether oxygens (including phenoxy) is 1. The Kier molecular flexibility index (Phi) is 5.61. The number of nitrogens with zero attached hydrogens (tertiary/aromatic N) is 2. The minimum absolute atomic E-state index is 0.375. The van der Waals surface area contributed by atoms with Crippen molar-refractivity contribution in [3.05, 3.63) is 89.5 Å². The van der Waals surface area contributed by atoms with Crippen LogP contribution in [0.1, 0.15) is 29.1 Å². The van der Waals surface area contributed by atoms with E-state index in [4.69, 9.17) is 4.74 Å². The summed E-state index contributed by atoms with van der Waals surface area (Å²) in [5.74, 6) is -1.88. The number of benzene rings is 2. The predicted molar refractivity (Wildman–Crippen MR) is 95.7 cm³/mol. The third-order valence-electron chi connectivity index (χ3n) is 4.26. The van der Waals surface area contributed by atoms with Crippen LogP contribution in [-0.4, -0.2) is 22.6 Å². The molecule has 2 atom stereocenters. The van der Waals surface area contributed by atoms with Crippen molar-refractivity contribution in [2.45, 2.75) is 12.1 Å². The molecule has 1 N–H and O–H groups in total. The number of hydrogen-bond donors (Lipinski definition) is 1. The first-order chi connectivity index (χ1) is 13.0. The number of carbonyl (C=O) groups excluding carboxylic acids is 1. The second kappa shape index (κ2) is 8.09. The van der Waals surface area contributed by atoms with E-state index >= 15 is 0 Å². The molecule has 0 aliphatic carbocycles. The Morgan fingerprint density at radius 3 is 2.44 bits per heavy atom. The molecular weight excluding hydrogens is 352 g/mol. The van der Waals surface area contributed by atoms with Crippen molar-refractivity contribution in [2.24, 2.45) is 7.05 Å². The minimum atomic E-state index is -0.993. The third kappa shape index (κ3) is 4.03. The summed E-state index contributed by atoms with van der Waals surface area (Å²) >= 11 is 0. The number of halogens is 2. The van der Waals surface area contributed by atoms with Gasteiger partial charge in [-0.05, 0) is 23.3 Å². The van der Waals surface area contributed by atoms with Gasteiger partial charge in [0.25, 0.3) is 5.91 Å². The predicted octanol–water partition coefficient (Wildman–Crippen LogP) is 3.29. The van der Waals surface area contributed by atoms with Crippen LogP contribution in [0, 0.1) is 11.6 Å². The summed E-state index contributed by atoms with van der Waals surface area (Å²) in [6, 6.07) is 11.7. The maximum Gasteiger partial charge on any atom is 0.254 e. The van der Waals surface area contributed by atoms with Crippen molar-refractivity contribution in [3.8, 4) is 0 Å². The van der Waals surface area contributed by atoms with Gasteiger partial charge >= 0.3 is 0 Å². The van der Waals surface area contributed by atoms with Crippen LogP contribution in [0.2, 0.25) is 0 Å². The number of carbonyl (C=O) groups is 1. The number of nitrogens with one attached hydrogen (secondary N) is 1. The van der Waals surface area contributed by atoms with Gasteiger partial charge in [0.2, 0.25) is 0 Å². The van der Waals surface area contributed by atoms with E-state index in [1.165, 1.54) is 13.2 Å².